The summed E-state index contributed by atoms with van der Waals surface area (Å²) in [5, 5.41) is 0. The van der Waals surface area contributed by atoms with Gasteiger partial charge in [0.1, 0.15) is 6.29 Å². The van der Waals surface area contributed by atoms with Gasteiger partial charge in [-0.05, 0) is 20.8 Å². The van der Waals surface area contributed by atoms with Crippen LogP contribution in [0.1, 0.15) is 27.2 Å². The lowest BCUT2D eigenvalue weighted by Gasteiger charge is -2.35. The molecule has 8 heteroatoms. The minimum Gasteiger partial charge on any atom is -0.429 e. The van der Waals surface area contributed by atoms with Crippen LogP contribution < -0.4 is 0 Å². The molecule has 24 heavy (non-hydrogen) atoms. The summed E-state index contributed by atoms with van der Waals surface area (Å²) in [7, 11) is -1.49. The molecule has 0 fully saturated rings. The molecule has 1 atom stereocenters. The Morgan fingerprint density at radius 2 is 1.42 bits per heavy atom. The third-order valence-electron chi connectivity index (χ3n) is 2.93. The van der Waals surface area contributed by atoms with Crippen LogP contribution in [-0.4, -0.2) is 41.4 Å². The van der Waals surface area contributed by atoms with Crippen molar-refractivity contribution < 1.29 is 32.2 Å². The monoisotopic (exact) mass is 362 g/mol. The molecule has 0 N–H and O–H groups in total. The summed E-state index contributed by atoms with van der Waals surface area (Å²) >= 11 is 0. The molecule has 0 saturated heterocycles. The maximum Gasteiger partial charge on any atom is 0.503 e. The number of ether oxygens (including phenoxy) is 4. The molecule has 1 unspecified atom stereocenters. The predicted molar refractivity (Wildman–Crippen MR) is 92.6 cm³/mol. The first-order chi connectivity index (χ1) is 11.5. The highest BCUT2D eigenvalue weighted by Gasteiger charge is 2.47. The van der Waals surface area contributed by atoms with Gasteiger partial charge in [0.05, 0.1) is 25.2 Å². The Kier molecular flexibility index (Phi) is 11.4. The van der Waals surface area contributed by atoms with Gasteiger partial charge in [0, 0.05) is 26.4 Å². The van der Waals surface area contributed by atoms with Gasteiger partial charge in [-0.15, -0.1) is 0 Å². The van der Waals surface area contributed by atoms with E-state index in [1.54, 1.807) is 14.0 Å². The summed E-state index contributed by atoms with van der Waals surface area (Å²) in [6.07, 6.45) is 3.41. The van der Waals surface area contributed by atoms with Crippen LogP contribution in [0.5, 0.6) is 0 Å². The van der Waals surface area contributed by atoms with Crippen LogP contribution in [0, 0.1) is 0 Å². The summed E-state index contributed by atoms with van der Waals surface area (Å²) in [6.45, 7) is 17.0. The van der Waals surface area contributed by atoms with Crippen LogP contribution in [0.4, 0.5) is 0 Å². The van der Waals surface area contributed by atoms with Gasteiger partial charge in [-0.25, -0.2) is 0 Å². The van der Waals surface area contributed by atoms with E-state index in [2.05, 4.69) is 19.7 Å². The van der Waals surface area contributed by atoms with Gasteiger partial charge in [0.25, 0.3) is 0 Å². The van der Waals surface area contributed by atoms with Gasteiger partial charge in [-0.2, -0.15) is 0 Å². The molecule has 0 radical (unpaired) electrons. The van der Waals surface area contributed by atoms with Crippen molar-refractivity contribution in [3.8, 4) is 0 Å². The van der Waals surface area contributed by atoms with Gasteiger partial charge in [-0.3, -0.25) is 0 Å². The van der Waals surface area contributed by atoms with Gasteiger partial charge in [-0.1, -0.05) is 19.7 Å². The Labute approximate surface area is 146 Å². The first-order valence-electron chi connectivity index (χ1n) is 7.81. The van der Waals surface area contributed by atoms with Crippen LogP contribution in [0.2, 0.25) is 6.04 Å². The highest BCUT2D eigenvalue weighted by Crippen LogP contribution is 2.29. The van der Waals surface area contributed by atoms with Crippen LogP contribution in [0.25, 0.3) is 0 Å². The maximum atomic E-state index is 5.93. The van der Waals surface area contributed by atoms with E-state index in [9.17, 15) is 0 Å². The van der Waals surface area contributed by atoms with Crippen LogP contribution in [0.3, 0.4) is 0 Å². The van der Waals surface area contributed by atoms with Crippen LogP contribution >= 0.6 is 0 Å². The van der Waals surface area contributed by atoms with E-state index >= 15 is 0 Å². The second-order valence-corrected chi connectivity index (χ2v) is 7.19. The Morgan fingerprint density at radius 1 is 0.958 bits per heavy atom. The summed E-state index contributed by atoms with van der Waals surface area (Å²) in [5.41, 5.74) is 0. The molecule has 7 nitrogen and oxygen atoms in total. The molecule has 0 saturated carbocycles. The van der Waals surface area contributed by atoms with Gasteiger partial charge < -0.3 is 32.2 Å². The summed E-state index contributed by atoms with van der Waals surface area (Å²) in [6, 6.07) is 0.359. The average molecular weight is 362 g/mol. The third kappa shape index (κ3) is 7.50. The summed E-state index contributed by atoms with van der Waals surface area (Å²) in [5.74, 6) is -1.46. The van der Waals surface area contributed by atoms with Crippen LogP contribution in [0.15, 0.2) is 38.5 Å². The summed E-state index contributed by atoms with van der Waals surface area (Å²) in [4.78, 5) is 0. The largest absolute Gasteiger partial charge is 0.503 e. The maximum absolute atomic E-state index is 5.93. The number of rotatable bonds is 16. The lowest BCUT2D eigenvalue weighted by Crippen LogP contribution is -2.50. The van der Waals surface area contributed by atoms with Crippen LogP contribution in [-0.2, 0) is 32.2 Å². The van der Waals surface area contributed by atoms with E-state index in [-0.39, 0.29) is 6.42 Å². The zero-order valence-electron chi connectivity index (χ0n) is 15.1. The van der Waals surface area contributed by atoms with E-state index in [0.717, 1.165) is 0 Å². The molecular formula is C16H30O7Si. The normalized spacial score (nSPS) is 13.0. The molecule has 0 aromatic rings. The molecule has 0 spiro atoms. The van der Waals surface area contributed by atoms with Crippen molar-refractivity contribution in [1.82, 2.24) is 0 Å². The minimum absolute atomic E-state index is 0.236. The smallest absolute Gasteiger partial charge is 0.429 e. The first-order valence-corrected chi connectivity index (χ1v) is 9.74. The second kappa shape index (κ2) is 12.1. The zero-order chi connectivity index (χ0) is 18.5. The van der Waals surface area contributed by atoms with Crippen molar-refractivity contribution in [2.45, 2.75) is 45.5 Å². The van der Waals surface area contributed by atoms with Crippen molar-refractivity contribution in [3.63, 3.8) is 0 Å². The van der Waals surface area contributed by atoms with Crippen molar-refractivity contribution in [2.75, 3.05) is 20.3 Å². The molecular weight excluding hydrogens is 332 g/mol. The lowest BCUT2D eigenvalue weighted by atomic mass is 10.4. The number of methoxy groups -OCH3 is 1. The van der Waals surface area contributed by atoms with Gasteiger partial charge in [0.2, 0.25) is 0 Å². The molecule has 140 valence electrons. The Balaban J connectivity index is 5.35. The molecule has 0 aromatic heterocycles. The van der Waals surface area contributed by atoms with Crippen molar-refractivity contribution in [2.24, 2.45) is 0 Å². The topological polar surface area (TPSA) is 64.6 Å². The van der Waals surface area contributed by atoms with Crippen molar-refractivity contribution in [1.29, 1.82) is 0 Å². The number of hydrogen-bond acceptors (Lipinski definition) is 7. The Morgan fingerprint density at radius 3 is 1.75 bits per heavy atom. The summed E-state index contributed by atoms with van der Waals surface area (Å²) < 4.78 is 39.0. The highest BCUT2D eigenvalue weighted by atomic mass is 28.4. The minimum atomic E-state index is -3.04. The zero-order valence-corrected chi connectivity index (χ0v) is 16.1. The molecule has 0 amide bonds. The average Bonchev–Trinajstić information content (AvgIpc) is 2.54. The Bertz CT molecular complexity index is 343. The molecule has 0 aliphatic rings. The van der Waals surface area contributed by atoms with Crippen molar-refractivity contribution in [3.05, 3.63) is 38.5 Å². The first kappa shape index (κ1) is 22.7. The fourth-order valence-corrected chi connectivity index (χ4v) is 4.72. The van der Waals surface area contributed by atoms with E-state index in [4.69, 9.17) is 32.2 Å². The SMILES string of the molecule is C=COC(CC[Si](OCC)(OCC)OC(C)OC)(OC=C)OC=C. The quantitative estimate of drug-likeness (QED) is 0.236. The van der Waals surface area contributed by atoms with E-state index in [0.29, 0.717) is 19.3 Å². The molecule has 0 aliphatic carbocycles. The van der Waals surface area contributed by atoms with E-state index < -0.39 is 21.1 Å². The molecule has 0 bridgehead atoms. The fourth-order valence-electron chi connectivity index (χ4n) is 2.00. The molecule has 0 rings (SSSR count). The fraction of sp³-hybridized carbons (Fsp3) is 0.625. The standard InChI is InChI=1S/C16H30O7Si/c1-8-18-16(19-9-2,20-10-3)13-14-24(21-11-4,22-12-5)23-15(6)17-7/h8-10,15H,1-3,11-14H2,4-7H3. The Hall–Kier alpha value is -1.32. The molecule has 0 aliphatic heterocycles. The van der Waals surface area contributed by atoms with E-state index in [1.165, 1.54) is 18.8 Å². The van der Waals surface area contributed by atoms with Crippen molar-refractivity contribution >= 4 is 8.80 Å². The number of hydrogen-bond donors (Lipinski definition) is 0. The molecule has 0 heterocycles. The van der Waals surface area contributed by atoms with Gasteiger partial charge >= 0.3 is 14.8 Å². The lowest BCUT2D eigenvalue weighted by molar-refractivity contribution is -0.319. The third-order valence-corrected chi connectivity index (χ3v) is 5.94. The highest BCUT2D eigenvalue weighted by molar-refractivity contribution is 6.60. The second-order valence-electron chi connectivity index (χ2n) is 4.51. The predicted octanol–water partition coefficient (Wildman–Crippen LogP) is 3.53. The van der Waals surface area contributed by atoms with Gasteiger partial charge in [0.15, 0.2) is 0 Å². The van der Waals surface area contributed by atoms with E-state index in [1.807, 2.05) is 13.8 Å². The molecule has 0 aromatic carbocycles.